The van der Waals surface area contributed by atoms with E-state index in [-0.39, 0.29) is 23.6 Å². The number of rotatable bonds is 8. The minimum Gasteiger partial charge on any atom is -0.370 e. The lowest BCUT2D eigenvalue weighted by molar-refractivity contribution is -0.118. The molecule has 3 N–H and O–H groups in total. The number of sulfonamides is 1. The van der Waals surface area contributed by atoms with Gasteiger partial charge in [0.15, 0.2) is 5.78 Å². The van der Waals surface area contributed by atoms with Crippen LogP contribution in [0.1, 0.15) is 36.5 Å². The van der Waals surface area contributed by atoms with Crippen molar-refractivity contribution < 1.29 is 18.0 Å². The minimum absolute atomic E-state index is 0.109. The van der Waals surface area contributed by atoms with E-state index < -0.39 is 15.9 Å². The van der Waals surface area contributed by atoms with Gasteiger partial charge in [0.05, 0.1) is 4.90 Å². The maximum atomic E-state index is 11.9. The van der Waals surface area contributed by atoms with E-state index in [1.54, 1.807) is 0 Å². The summed E-state index contributed by atoms with van der Waals surface area (Å²) in [4.78, 5) is 21.7. The number of carbonyl (C=O) groups is 2. The Morgan fingerprint density at radius 2 is 1.75 bits per heavy atom. The number of Topliss-reactive ketones (excluding diaryl/α,β-unsaturated/α-hetero) is 1. The van der Waals surface area contributed by atoms with Crippen LogP contribution in [0.25, 0.3) is 0 Å². The van der Waals surface area contributed by atoms with Crippen molar-refractivity contribution in [2.45, 2.75) is 31.1 Å². The Kier molecular flexibility index (Phi) is 5.84. The van der Waals surface area contributed by atoms with Gasteiger partial charge in [-0.25, -0.2) is 13.1 Å². The molecule has 0 aliphatic heterocycles. The van der Waals surface area contributed by atoms with E-state index in [2.05, 4.69) is 4.72 Å². The molecule has 1 amide bonds. The molecule has 0 fully saturated rings. The van der Waals surface area contributed by atoms with Crippen molar-refractivity contribution in [1.29, 1.82) is 0 Å². The molecule has 110 valence electrons. The molecule has 7 heteroatoms. The van der Waals surface area contributed by atoms with Crippen molar-refractivity contribution in [2.24, 2.45) is 5.73 Å². The lowest BCUT2D eigenvalue weighted by Crippen LogP contribution is -2.25. The van der Waals surface area contributed by atoms with Gasteiger partial charge in [0.1, 0.15) is 0 Å². The monoisotopic (exact) mass is 298 g/mol. The summed E-state index contributed by atoms with van der Waals surface area (Å²) in [5.41, 5.74) is 5.45. The number of ketones is 1. The first kappa shape index (κ1) is 16.3. The van der Waals surface area contributed by atoms with Crippen molar-refractivity contribution in [3.63, 3.8) is 0 Å². The minimum atomic E-state index is -3.58. The van der Waals surface area contributed by atoms with Gasteiger partial charge in [-0.2, -0.15) is 0 Å². The van der Waals surface area contributed by atoms with Crippen LogP contribution in [0.3, 0.4) is 0 Å². The standard InChI is InChI=1S/C13H18N2O4S/c1-10(16)11-5-7-12(8-6-11)20(18,19)15-9-3-2-4-13(14)17/h5-8,15H,2-4,9H2,1H3,(H2,14,17). The molecular weight excluding hydrogens is 280 g/mol. The zero-order valence-electron chi connectivity index (χ0n) is 11.3. The first-order valence-corrected chi connectivity index (χ1v) is 7.70. The first-order chi connectivity index (χ1) is 9.33. The van der Waals surface area contributed by atoms with Crippen LogP contribution in [0.4, 0.5) is 0 Å². The van der Waals surface area contributed by atoms with Crippen molar-refractivity contribution in [3.8, 4) is 0 Å². The fourth-order valence-electron chi connectivity index (χ4n) is 1.58. The molecule has 6 nitrogen and oxygen atoms in total. The summed E-state index contributed by atoms with van der Waals surface area (Å²) in [5.74, 6) is -0.513. The molecule has 0 atom stereocenters. The highest BCUT2D eigenvalue weighted by atomic mass is 32.2. The molecule has 0 aliphatic rings. The van der Waals surface area contributed by atoms with Crippen LogP contribution < -0.4 is 10.5 Å². The van der Waals surface area contributed by atoms with Gasteiger partial charge in [-0.3, -0.25) is 9.59 Å². The second-order valence-electron chi connectivity index (χ2n) is 4.40. The van der Waals surface area contributed by atoms with E-state index in [9.17, 15) is 18.0 Å². The number of hydrogen-bond acceptors (Lipinski definition) is 4. The Morgan fingerprint density at radius 1 is 1.15 bits per heavy atom. The lowest BCUT2D eigenvalue weighted by atomic mass is 10.2. The van der Waals surface area contributed by atoms with Gasteiger partial charge in [-0.05, 0) is 31.9 Å². The highest BCUT2D eigenvalue weighted by Gasteiger charge is 2.13. The summed E-state index contributed by atoms with van der Waals surface area (Å²) < 4.78 is 26.3. The first-order valence-electron chi connectivity index (χ1n) is 6.22. The molecule has 0 saturated heterocycles. The molecule has 0 bridgehead atoms. The number of nitrogens with one attached hydrogen (secondary N) is 1. The molecule has 0 heterocycles. The molecular formula is C13H18N2O4S. The maximum absolute atomic E-state index is 11.9. The van der Waals surface area contributed by atoms with Gasteiger partial charge in [0, 0.05) is 18.5 Å². The number of unbranched alkanes of at least 4 members (excludes halogenated alkanes) is 1. The van der Waals surface area contributed by atoms with Gasteiger partial charge >= 0.3 is 0 Å². The SMILES string of the molecule is CC(=O)c1ccc(S(=O)(=O)NCCCCC(N)=O)cc1. The number of primary amides is 1. The van der Waals surface area contributed by atoms with Crippen molar-refractivity contribution in [1.82, 2.24) is 4.72 Å². The molecule has 1 aromatic rings. The maximum Gasteiger partial charge on any atom is 0.240 e. The lowest BCUT2D eigenvalue weighted by Gasteiger charge is -2.06. The number of amides is 1. The molecule has 0 aliphatic carbocycles. The van der Waals surface area contributed by atoms with Gasteiger partial charge < -0.3 is 5.73 Å². The van der Waals surface area contributed by atoms with E-state index in [0.717, 1.165) is 0 Å². The molecule has 0 spiro atoms. The molecule has 1 aromatic carbocycles. The Hall–Kier alpha value is -1.73. The van der Waals surface area contributed by atoms with E-state index >= 15 is 0 Å². The van der Waals surface area contributed by atoms with Gasteiger partial charge in [-0.1, -0.05) is 12.1 Å². The van der Waals surface area contributed by atoms with E-state index in [4.69, 9.17) is 5.73 Å². The predicted molar refractivity (Wildman–Crippen MR) is 74.7 cm³/mol. The summed E-state index contributed by atoms with van der Waals surface area (Å²) in [6, 6.07) is 5.74. The fraction of sp³-hybridized carbons (Fsp3) is 0.385. The van der Waals surface area contributed by atoms with Crippen LogP contribution in [0, 0.1) is 0 Å². The van der Waals surface area contributed by atoms with Gasteiger partial charge in [-0.15, -0.1) is 0 Å². The van der Waals surface area contributed by atoms with Crippen molar-refractivity contribution in [2.75, 3.05) is 6.54 Å². The molecule has 0 radical (unpaired) electrons. The zero-order chi connectivity index (χ0) is 15.2. The number of benzene rings is 1. The summed E-state index contributed by atoms with van der Waals surface area (Å²) in [6.07, 6.45) is 1.32. The average molecular weight is 298 g/mol. The summed E-state index contributed by atoms with van der Waals surface area (Å²) >= 11 is 0. The number of carbonyl (C=O) groups excluding carboxylic acids is 2. The summed E-state index contributed by atoms with van der Waals surface area (Å²) in [6.45, 7) is 1.66. The van der Waals surface area contributed by atoms with Crippen LogP contribution in [-0.4, -0.2) is 26.7 Å². The quantitative estimate of drug-likeness (QED) is 0.547. The van der Waals surface area contributed by atoms with Crippen LogP contribution in [0.2, 0.25) is 0 Å². The third kappa shape index (κ3) is 5.10. The van der Waals surface area contributed by atoms with Crippen LogP contribution >= 0.6 is 0 Å². The Balaban J connectivity index is 2.56. The Morgan fingerprint density at radius 3 is 2.25 bits per heavy atom. The van der Waals surface area contributed by atoms with E-state index in [1.165, 1.54) is 31.2 Å². The Labute approximate surface area is 118 Å². The molecule has 0 unspecified atom stereocenters. The van der Waals surface area contributed by atoms with Crippen molar-refractivity contribution >= 4 is 21.7 Å². The second-order valence-corrected chi connectivity index (χ2v) is 6.17. The molecule has 0 aromatic heterocycles. The highest BCUT2D eigenvalue weighted by molar-refractivity contribution is 7.89. The molecule has 1 rings (SSSR count). The zero-order valence-corrected chi connectivity index (χ0v) is 12.1. The topological polar surface area (TPSA) is 106 Å². The number of hydrogen-bond donors (Lipinski definition) is 2. The highest BCUT2D eigenvalue weighted by Crippen LogP contribution is 2.11. The second kappa shape index (κ2) is 7.16. The smallest absolute Gasteiger partial charge is 0.240 e. The third-order valence-corrected chi connectivity index (χ3v) is 4.19. The van der Waals surface area contributed by atoms with E-state index in [0.29, 0.717) is 18.4 Å². The largest absolute Gasteiger partial charge is 0.370 e. The van der Waals surface area contributed by atoms with Crippen LogP contribution in [-0.2, 0) is 14.8 Å². The predicted octanol–water partition coefficient (Wildman–Crippen LogP) is 0.823. The summed E-state index contributed by atoms with van der Waals surface area (Å²) in [5, 5.41) is 0. The van der Waals surface area contributed by atoms with Gasteiger partial charge in [0.25, 0.3) is 0 Å². The van der Waals surface area contributed by atoms with Gasteiger partial charge in [0.2, 0.25) is 15.9 Å². The van der Waals surface area contributed by atoms with E-state index in [1.807, 2.05) is 0 Å². The third-order valence-electron chi connectivity index (χ3n) is 2.71. The Bertz CT molecular complexity index is 579. The van der Waals surface area contributed by atoms with Crippen LogP contribution in [0.5, 0.6) is 0 Å². The average Bonchev–Trinajstić information content (AvgIpc) is 2.38. The van der Waals surface area contributed by atoms with Crippen LogP contribution in [0.15, 0.2) is 29.2 Å². The normalized spacial score (nSPS) is 11.2. The summed E-state index contributed by atoms with van der Waals surface area (Å²) in [7, 11) is -3.58. The molecule has 0 saturated carbocycles. The molecule has 20 heavy (non-hydrogen) atoms. The van der Waals surface area contributed by atoms with Crippen molar-refractivity contribution in [3.05, 3.63) is 29.8 Å². The fourth-order valence-corrected chi connectivity index (χ4v) is 2.66. The number of nitrogens with two attached hydrogens (primary N) is 1.